The molecule has 0 saturated carbocycles. The summed E-state index contributed by atoms with van der Waals surface area (Å²) in [4.78, 5) is 62.0. The third-order valence-corrected chi connectivity index (χ3v) is 14.0. The molecule has 0 aromatic carbocycles. The van der Waals surface area contributed by atoms with E-state index in [0.717, 1.165) is 68.6 Å². The monoisotopic (exact) mass is 1110 g/mol. The number of nitrogen functional groups attached to an aromatic ring is 1. The van der Waals surface area contributed by atoms with Crippen LogP contribution in [-0.2, 0) is 46.3 Å². The summed E-state index contributed by atoms with van der Waals surface area (Å²) < 4.78 is 56.6. The summed E-state index contributed by atoms with van der Waals surface area (Å²) in [5.41, 5.74) is 4.56. The van der Waals surface area contributed by atoms with Gasteiger partial charge in [-0.1, -0.05) is 130 Å². The molecule has 1 saturated heterocycles. The van der Waals surface area contributed by atoms with Gasteiger partial charge in [0.25, 0.3) is 0 Å². The second kappa shape index (κ2) is 40.8. The Morgan fingerprint density at radius 1 is 0.697 bits per heavy atom. The van der Waals surface area contributed by atoms with Crippen molar-refractivity contribution < 1.29 is 76.5 Å². The largest absolute Gasteiger partial charge is 0.481 e. The lowest BCUT2D eigenvalue weighted by Crippen LogP contribution is -2.36. The number of nitrogens with two attached hydrogens (primary N) is 1. The molecule has 9 atom stereocenters. The van der Waals surface area contributed by atoms with Crippen molar-refractivity contribution in [2.75, 3.05) is 25.6 Å². The molecule has 0 bridgehead atoms. The minimum atomic E-state index is -5.50. The molecule has 1 aromatic heterocycles. The Bertz CT molecular complexity index is 2190. The summed E-state index contributed by atoms with van der Waals surface area (Å²) in [7, 11) is -11.0. The van der Waals surface area contributed by atoms with Crippen LogP contribution in [-0.4, -0.2) is 108 Å². The maximum absolute atomic E-state index is 12.9. The van der Waals surface area contributed by atoms with Crippen molar-refractivity contribution in [2.24, 2.45) is 0 Å². The molecule has 8 N–H and O–H groups in total. The number of unbranched alkanes of at least 4 members (excludes halogenated alkanes) is 6. The van der Waals surface area contributed by atoms with E-state index in [9.17, 15) is 53.7 Å². The Balaban J connectivity index is 1.88. The van der Waals surface area contributed by atoms with Gasteiger partial charge in [0.2, 0.25) is 0 Å². The molecule has 0 amide bonds. The van der Waals surface area contributed by atoms with E-state index in [1.165, 1.54) is 25.3 Å². The quantitative estimate of drug-likeness (QED) is 0.0139. The number of aromatic nitrogens is 2. The van der Waals surface area contributed by atoms with Crippen molar-refractivity contribution in [3.63, 3.8) is 0 Å². The van der Waals surface area contributed by atoms with E-state index in [1.807, 2.05) is 12.2 Å². The third kappa shape index (κ3) is 32.4. The van der Waals surface area contributed by atoms with Gasteiger partial charge in [-0.2, -0.15) is 9.29 Å². The molecule has 4 unspecified atom stereocenters. The highest BCUT2D eigenvalue weighted by molar-refractivity contribution is 7.61. The number of rotatable bonds is 42. The molecule has 0 spiro atoms. The Morgan fingerprint density at radius 3 is 1.82 bits per heavy atom. The molecule has 1 aromatic rings. The first-order valence-corrected chi connectivity index (χ1v) is 29.4. The van der Waals surface area contributed by atoms with Crippen LogP contribution in [0.25, 0.3) is 0 Å². The lowest BCUT2D eigenvalue weighted by atomic mass is 10.0. The van der Waals surface area contributed by atoms with E-state index in [4.69, 9.17) is 29.0 Å². The van der Waals surface area contributed by atoms with Gasteiger partial charge < -0.3 is 50.2 Å². The van der Waals surface area contributed by atoms with Crippen molar-refractivity contribution in [3.8, 4) is 0 Å². The Hall–Kier alpha value is -4.40. The number of phosphoric ester groups is 2. The number of hydrogen-bond acceptors (Lipinski definition) is 17. The average Bonchev–Trinajstić information content (AvgIpc) is 3.65. The van der Waals surface area contributed by atoms with Gasteiger partial charge in [-0.25, -0.2) is 13.9 Å². The van der Waals surface area contributed by atoms with E-state index in [-0.39, 0.29) is 37.9 Å². The third-order valence-electron chi connectivity index (χ3n) is 11.4. The minimum absolute atomic E-state index is 0.0554. The number of allylic oxidation sites excluding steroid dienone is 15. The van der Waals surface area contributed by atoms with Crippen molar-refractivity contribution in [2.45, 2.75) is 185 Å². The van der Waals surface area contributed by atoms with E-state index < -0.39 is 95.9 Å². The van der Waals surface area contributed by atoms with Crippen LogP contribution < -0.4 is 11.4 Å². The number of carbonyl (C=O) groups is 2. The van der Waals surface area contributed by atoms with Gasteiger partial charge in [0.1, 0.15) is 30.7 Å². The summed E-state index contributed by atoms with van der Waals surface area (Å²) in [6, 6.07) is 1.23. The first-order valence-electron chi connectivity index (χ1n) is 26.4. The van der Waals surface area contributed by atoms with Gasteiger partial charge in [-0.05, 0) is 102 Å². The molecule has 428 valence electrons. The van der Waals surface area contributed by atoms with Gasteiger partial charge in [0.05, 0.1) is 25.4 Å². The molecule has 1 fully saturated rings. The summed E-state index contributed by atoms with van der Waals surface area (Å²) in [6.45, 7) is 1.69. The Kier molecular flexibility index (Phi) is 36.3. The van der Waals surface area contributed by atoms with Crippen LogP contribution in [0.1, 0.15) is 148 Å². The maximum Gasteiger partial charge on any atom is 0.481 e. The fourth-order valence-electron chi connectivity index (χ4n) is 7.15. The number of carbonyl (C=O) groups excluding carboxylic acids is 2. The van der Waals surface area contributed by atoms with Crippen molar-refractivity contribution in [1.29, 1.82) is 0 Å². The molecule has 2 heterocycles. The van der Waals surface area contributed by atoms with Crippen LogP contribution in [0.15, 0.2) is 114 Å². The van der Waals surface area contributed by atoms with Gasteiger partial charge in [0.15, 0.2) is 12.3 Å². The van der Waals surface area contributed by atoms with Crippen molar-refractivity contribution >= 4 is 33.4 Å². The molecule has 22 heteroatoms. The lowest BCUT2D eigenvalue weighted by Gasteiger charge is -2.21. The smallest absolute Gasteiger partial charge is 0.462 e. The molecule has 20 nitrogen and oxygen atoms in total. The maximum atomic E-state index is 12.9. The number of hydrogen-bond donors (Lipinski definition) is 7. The summed E-state index contributed by atoms with van der Waals surface area (Å²) >= 11 is 0. The first-order chi connectivity index (χ1) is 36.5. The molecule has 2 rings (SSSR count). The number of aliphatic hydroxyl groups is 4. The molecular weight excluding hydrogens is 1020 g/mol. The predicted molar refractivity (Wildman–Crippen MR) is 291 cm³/mol. The Labute approximate surface area is 448 Å². The average molecular weight is 1110 g/mol. The number of nitrogens with zero attached hydrogens (tertiary/aromatic N) is 2. The molecule has 1 aliphatic rings. The van der Waals surface area contributed by atoms with Gasteiger partial charge in [-0.3, -0.25) is 23.2 Å². The van der Waals surface area contributed by atoms with Gasteiger partial charge in [-0.15, -0.1) is 0 Å². The SMILES string of the molecule is CC/C=C\C/C=C\C/C=C\C/C=C\C/C=C\CCCCCC(=O)O[C@H](COC(=O)CCCC(O)C(O)C/C=C\C/C=C\C/C=C\CCCCC)COP(=O)(O)OP(=O)(O)OC[C@H]1O[C@@H](n2ccc(N)nc2=O)[C@H](O)[C@@H]1O. The predicted octanol–water partition coefficient (Wildman–Crippen LogP) is 9.16. The number of ether oxygens (including phenoxy) is 3. The van der Waals surface area contributed by atoms with Crippen LogP contribution >= 0.6 is 15.6 Å². The molecule has 1 aliphatic heterocycles. The topological polar surface area (TPSA) is 306 Å². The molecular formula is C54H85N3O17P2. The minimum Gasteiger partial charge on any atom is -0.462 e. The van der Waals surface area contributed by atoms with Crippen LogP contribution in [0.2, 0.25) is 0 Å². The van der Waals surface area contributed by atoms with E-state index in [1.54, 1.807) is 6.08 Å². The zero-order valence-corrected chi connectivity index (χ0v) is 46.0. The number of phosphoric acid groups is 2. The standard InChI is InChI=1S/C54H85N3O17P2/c1-3-5-7-9-11-13-15-17-18-19-20-21-22-23-25-27-29-31-33-37-50(61)72-44(41-69-49(60)38-34-36-46(59)45(58)35-32-30-28-26-24-16-14-12-10-8-6-4-2)42-70-75(65,66)74-76(67,68)71-43-47-51(62)52(63)53(73-47)57-40-39-48(55)56-54(57)64/h5,7,11-14,17-18,20-21,23-26,30,32,39-40,44-47,51-53,58-59,62-63H,3-4,6,8-10,15-16,19,22,27-29,31,33-38,41-43H2,1-2H3,(H,65,66)(H,67,68)(H2,55,56,64)/b7-5-,13-11-,14-12-,18-17-,21-20-,25-23-,26-24-,32-30-/t44-,45?,46?,47-,51-,52-,53-/m1/s1. The summed E-state index contributed by atoms with van der Waals surface area (Å²) in [6.07, 6.45) is 37.8. The van der Waals surface area contributed by atoms with Crippen molar-refractivity contribution in [1.82, 2.24) is 9.55 Å². The number of aliphatic hydroxyl groups excluding tert-OH is 4. The lowest BCUT2D eigenvalue weighted by molar-refractivity contribution is -0.161. The summed E-state index contributed by atoms with van der Waals surface area (Å²) in [5.74, 6) is -1.65. The van der Waals surface area contributed by atoms with Crippen LogP contribution in [0, 0.1) is 0 Å². The highest BCUT2D eigenvalue weighted by Gasteiger charge is 2.46. The summed E-state index contributed by atoms with van der Waals surface area (Å²) in [5, 5.41) is 41.8. The molecule has 76 heavy (non-hydrogen) atoms. The highest BCUT2D eigenvalue weighted by Crippen LogP contribution is 2.60. The van der Waals surface area contributed by atoms with Crippen molar-refractivity contribution in [3.05, 3.63) is 120 Å². The molecule has 0 radical (unpaired) electrons. The fraction of sp³-hybridized carbons (Fsp3) is 0.593. The highest BCUT2D eigenvalue weighted by atomic mass is 31.3. The van der Waals surface area contributed by atoms with Crippen LogP contribution in [0.3, 0.4) is 0 Å². The first kappa shape index (κ1) is 67.7. The van der Waals surface area contributed by atoms with Crippen LogP contribution in [0.5, 0.6) is 0 Å². The molecule has 0 aliphatic carbocycles. The fourth-order valence-corrected chi connectivity index (χ4v) is 9.26. The van der Waals surface area contributed by atoms with Crippen LogP contribution in [0.4, 0.5) is 5.82 Å². The van der Waals surface area contributed by atoms with Gasteiger partial charge in [0, 0.05) is 19.0 Å². The van der Waals surface area contributed by atoms with Gasteiger partial charge >= 0.3 is 33.3 Å². The zero-order valence-electron chi connectivity index (χ0n) is 44.2. The number of esters is 2. The zero-order chi connectivity index (χ0) is 55.9. The normalized spacial score (nSPS) is 20.3. The number of anilines is 1. The Morgan fingerprint density at radius 2 is 1.24 bits per heavy atom. The second-order valence-corrected chi connectivity index (χ2v) is 21.0. The second-order valence-electron chi connectivity index (χ2n) is 17.9. The van der Waals surface area contributed by atoms with E-state index in [0.29, 0.717) is 19.3 Å². The van der Waals surface area contributed by atoms with E-state index >= 15 is 0 Å². The van der Waals surface area contributed by atoms with E-state index in [2.05, 4.69) is 102 Å².